The Balaban J connectivity index is 1.93. The first-order chi connectivity index (χ1) is 9.65. The predicted octanol–water partition coefficient (Wildman–Crippen LogP) is 5.17. The van der Waals surface area contributed by atoms with Crippen molar-refractivity contribution in [3.63, 3.8) is 0 Å². The lowest BCUT2D eigenvalue weighted by atomic mass is 10.1. The monoisotopic (exact) mass is 304 g/mol. The van der Waals surface area contributed by atoms with Gasteiger partial charge >= 0.3 is 0 Å². The van der Waals surface area contributed by atoms with Crippen LogP contribution in [0.2, 0.25) is 10.0 Å². The van der Waals surface area contributed by atoms with E-state index in [2.05, 4.69) is 0 Å². The Morgan fingerprint density at radius 2 is 1.70 bits per heavy atom. The van der Waals surface area contributed by atoms with Crippen molar-refractivity contribution >= 4 is 40.0 Å². The highest BCUT2D eigenvalue weighted by Crippen LogP contribution is 2.27. The number of fused-ring (bicyclic) bond motifs is 1. The van der Waals surface area contributed by atoms with Crippen LogP contribution in [0.3, 0.4) is 0 Å². The van der Waals surface area contributed by atoms with Crippen LogP contribution in [0.1, 0.15) is 16.1 Å². The van der Waals surface area contributed by atoms with E-state index in [0.29, 0.717) is 27.0 Å². The van der Waals surface area contributed by atoms with Crippen LogP contribution in [0.25, 0.3) is 11.0 Å². The highest BCUT2D eigenvalue weighted by Gasteiger charge is 2.16. The van der Waals surface area contributed by atoms with Crippen molar-refractivity contribution in [3.05, 3.63) is 69.9 Å². The molecule has 1 aromatic heterocycles. The minimum atomic E-state index is -0.142. The van der Waals surface area contributed by atoms with E-state index >= 15 is 0 Å². The van der Waals surface area contributed by atoms with Crippen LogP contribution in [0.5, 0.6) is 0 Å². The molecule has 0 aliphatic rings. The Kier molecular flexibility index (Phi) is 3.51. The van der Waals surface area contributed by atoms with Crippen molar-refractivity contribution in [2.75, 3.05) is 0 Å². The van der Waals surface area contributed by atoms with Gasteiger partial charge in [-0.2, -0.15) is 0 Å². The molecule has 0 saturated carbocycles. The molecule has 0 amide bonds. The number of para-hydroxylation sites is 1. The molecule has 0 radical (unpaired) electrons. The Hall–Kier alpha value is -1.77. The zero-order chi connectivity index (χ0) is 14.1. The molecule has 0 spiro atoms. The lowest BCUT2D eigenvalue weighted by Crippen LogP contribution is -2.03. The van der Waals surface area contributed by atoms with Gasteiger partial charge in [-0.05, 0) is 29.8 Å². The number of carbonyl (C=O) groups excluding carboxylic acids is 1. The summed E-state index contributed by atoms with van der Waals surface area (Å²) in [4.78, 5) is 12.3. The molecule has 0 unspecified atom stereocenters. The molecule has 0 N–H and O–H groups in total. The molecule has 3 rings (SSSR count). The van der Waals surface area contributed by atoms with Crippen molar-refractivity contribution in [3.8, 4) is 0 Å². The van der Waals surface area contributed by atoms with Crippen LogP contribution >= 0.6 is 23.2 Å². The van der Waals surface area contributed by atoms with Gasteiger partial charge in [-0.3, -0.25) is 4.79 Å². The van der Waals surface area contributed by atoms with Crippen LogP contribution < -0.4 is 0 Å². The summed E-state index contributed by atoms with van der Waals surface area (Å²) in [6.07, 6.45) is 0.123. The first-order valence-electron chi connectivity index (χ1n) is 6.10. The first-order valence-corrected chi connectivity index (χ1v) is 6.85. The van der Waals surface area contributed by atoms with Gasteiger partial charge in [-0.25, -0.2) is 0 Å². The van der Waals surface area contributed by atoms with Gasteiger partial charge in [-0.15, -0.1) is 0 Å². The van der Waals surface area contributed by atoms with Gasteiger partial charge in [0.25, 0.3) is 0 Å². The molecule has 0 aliphatic heterocycles. The summed E-state index contributed by atoms with van der Waals surface area (Å²) in [5.74, 6) is 0.179. The minimum Gasteiger partial charge on any atom is -0.453 e. The molecule has 4 heteroatoms. The number of furan rings is 1. The minimum absolute atomic E-state index is 0.123. The summed E-state index contributed by atoms with van der Waals surface area (Å²) in [6, 6.07) is 14.4. The summed E-state index contributed by atoms with van der Waals surface area (Å²) < 4.78 is 5.55. The second kappa shape index (κ2) is 5.31. The van der Waals surface area contributed by atoms with E-state index < -0.39 is 0 Å². The predicted molar refractivity (Wildman–Crippen MR) is 80.7 cm³/mol. The summed E-state index contributed by atoms with van der Waals surface area (Å²) in [7, 11) is 0. The summed E-state index contributed by atoms with van der Waals surface area (Å²) >= 11 is 12.1. The number of hydrogen-bond donors (Lipinski definition) is 0. The van der Waals surface area contributed by atoms with E-state index in [1.54, 1.807) is 24.3 Å². The maximum absolute atomic E-state index is 12.3. The fourth-order valence-corrected chi connectivity index (χ4v) is 2.60. The quantitative estimate of drug-likeness (QED) is 0.625. The summed E-state index contributed by atoms with van der Waals surface area (Å²) in [5, 5.41) is 1.88. The zero-order valence-corrected chi connectivity index (χ0v) is 11.9. The number of ketones is 1. The summed E-state index contributed by atoms with van der Waals surface area (Å²) in [5.41, 5.74) is 1.32. The Morgan fingerprint density at radius 3 is 2.40 bits per heavy atom. The third-order valence-corrected chi connectivity index (χ3v) is 3.81. The lowest BCUT2D eigenvalue weighted by Gasteiger charge is -2.04. The smallest absolute Gasteiger partial charge is 0.202 e. The van der Waals surface area contributed by atoms with Crippen molar-refractivity contribution in [2.45, 2.75) is 6.42 Å². The Labute approximate surface area is 125 Å². The van der Waals surface area contributed by atoms with Crippen LogP contribution in [0.15, 0.2) is 52.9 Å². The van der Waals surface area contributed by atoms with E-state index in [1.165, 1.54) is 0 Å². The van der Waals surface area contributed by atoms with Gasteiger partial charge in [-0.1, -0.05) is 47.5 Å². The van der Waals surface area contributed by atoms with E-state index in [0.717, 1.165) is 5.39 Å². The fraction of sp³-hybridized carbons (Fsp3) is 0.0625. The van der Waals surface area contributed by atoms with Gasteiger partial charge in [0.1, 0.15) is 5.58 Å². The average Bonchev–Trinajstić information content (AvgIpc) is 2.87. The zero-order valence-electron chi connectivity index (χ0n) is 10.4. The molecule has 0 aliphatic carbocycles. The topological polar surface area (TPSA) is 30.2 Å². The molecule has 1 heterocycles. The molecule has 0 saturated heterocycles. The third-order valence-electron chi connectivity index (χ3n) is 3.10. The van der Waals surface area contributed by atoms with Crippen LogP contribution in [-0.2, 0) is 6.42 Å². The highest BCUT2D eigenvalue weighted by atomic mass is 35.5. The standard InChI is InChI=1S/C16H10Cl2O2/c17-12-5-3-6-13(18)11(12)9-14(19)16-8-10-4-1-2-7-15(10)20-16/h1-8H,9H2. The second-order valence-electron chi connectivity index (χ2n) is 4.45. The largest absolute Gasteiger partial charge is 0.453 e. The van der Waals surface area contributed by atoms with Gasteiger partial charge in [0.15, 0.2) is 5.76 Å². The summed E-state index contributed by atoms with van der Waals surface area (Å²) in [6.45, 7) is 0. The molecule has 3 aromatic rings. The SMILES string of the molecule is O=C(Cc1c(Cl)cccc1Cl)c1cc2ccccc2o1. The molecule has 2 aromatic carbocycles. The van der Waals surface area contributed by atoms with E-state index in [1.807, 2.05) is 24.3 Å². The molecule has 0 fully saturated rings. The Morgan fingerprint density at radius 1 is 1.00 bits per heavy atom. The Bertz CT molecular complexity index is 737. The third kappa shape index (κ3) is 2.45. The number of hydrogen-bond acceptors (Lipinski definition) is 2. The molecule has 20 heavy (non-hydrogen) atoms. The van der Waals surface area contributed by atoms with Crippen LogP contribution in [0.4, 0.5) is 0 Å². The molecule has 2 nitrogen and oxygen atoms in total. The number of rotatable bonds is 3. The van der Waals surface area contributed by atoms with Crippen molar-refractivity contribution in [2.24, 2.45) is 0 Å². The van der Waals surface area contributed by atoms with Gasteiger partial charge in [0.2, 0.25) is 5.78 Å². The average molecular weight is 305 g/mol. The van der Waals surface area contributed by atoms with Crippen LogP contribution in [0, 0.1) is 0 Å². The van der Waals surface area contributed by atoms with Crippen molar-refractivity contribution < 1.29 is 9.21 Å². The maximum atomic E-state index is 12.3. The molecular formula is C16H10Cl2O2. The fourth-order valence-electron chi connectivity index (χ4n) is 2.07. The van der Waals surface area contributed by atoms with Gasteiger partial charge in [0.05, 0.1) is 0 Å². The van der Waals surface area contributed by atoms with Crippen LogP contribution in [-0.4, -0.2) is 5.78 Å². The first kappa shape index (κ1) is 13.2. The number of carbonyl (C=O) groups is 1. The number of Topliss-reactive ketones (excluding diaryl/α,β-unsaturated/α-hetero) is 1. The molecule has 100 valence electrons. The molecule has 0 bridgehead atoms. The van der Waals surface area contributed by atoms with Gasteiger partial charge < -0.3 is 4.42 Å². The normalized spacial score (nSPS) is 10.9. The van der Waals surface area contributed by atoms with E-state index in [4.69, 9.17) is 27.6 Å². The maximum Gasteiger partial charge on any atom is 0.202 e. The van der Waals surface area contributed by atoms with E-state index in [-0.39, 0.29) is 12.2 Å². The second-order valence-corrected chi connectivity index (χ2v) is 5.26. The lowest BCUT2D eigenvalue weighted by molar-refractivity contribution is 0.0968. The molecule has 0 atom stereocenters. The number of benzene rings is 2. The van der Waals surface area contributed by atoms with Crippen molar-refractivity contribution in [1.29, 1.82) is 0 Å². The number of halogens is 2. The molecular weight excluding hydrogens is 295 g/mol. The van der Waals surface area contributed by atoms with E-state index in [9.17, 15) is 4.79 Å². The van der Waals surface area contributed by atoms with Gasteiger partial charge in [0, 0.05) is 21.9 Å². The van der Waals surface area contributed by atoms with Crippen molar-refractivity contribution in [1.82, 2.24) is 0 Å². The highest BCUT2D eigenvalue weighted by molar-refractivity contribution is 6.36.